The highest BCUT2D eigenvalue weighted by Gasteiger charge is 2.28. The van der Waals surface area contributed by atoms with Crippen LogP contribution in [-0.2, 0) is 17.8 Å². The number of benzene rings is 2. The van der Waals surface area contributed by atoms with Crippen LogP contribution in [0, 0.1) is 0 Å². The minimum Gasteiger partial charge on any atom is -0.286 e. The quantitative estimate of drug-likeness (QED) is 0.839. The molecule has 2 aromatic carbocycles. The number of carbonyl (C=O) groups excluding carboxylic acids is 1. The van der Waals surface area contributed by atoms with Crippen molar-refractivity contribution in [1.82, 2.24) is 4.90 Å². The van der Waals surface area contributed by atoms with Crippen LogP contribution in [-0.4, -0.2) is 27.8 Å². The Hall–Kier alpha value is -2.07. The first-order valence-corrected chi connectivity index (χ1v) is 8.80. The van der Waals surface area contributed by atoms with E-state index in [4.69, 9.17) is 4.99 Å². The SMILES string of the molecule is CC(Cc1ccccc1)N=C1SCC(=O)N1Cc1ccccc1. The minimum absolute atomic E-state index is 0.143. The molecule has 2 aromatic rings. The summed E-state index contributed by atoms with van der Waals surface area (Å²) < 4.78 is 0. The molecule has 1 unspecified atom stereocenters. The molecule has 1 aliphatic heterocycles. The van der Waals surface area contributed by atoms with E-state index in [1.165, 1.54) is 5.56 Å². The van der Waals surface area contributed by atoms with Gasteiger partial charge in [0.15, 0.2) is 5.17 Å². The van der Waals surface area contributed by atoms with Crippen molar-refractivity contribution in [2.24, 2.45) is 4.99 Å². The molecule has 4 heteroatoms. The Bertz CT molecular complexity index is 685. The molecular weight excluding hydrogens is 304 g/mol. The van der Waals surface area contributed by atoms with E-state index in [0.717, 1.165) is 17.2 Å². The van der Waals surface area contributed by atoms with Crippen molar-refractivity contribution in [1.29, 1.82) is 0 Å². The Morgan fingerprint density at radius 3 is 2.30 bits per heavy atom. The topological polar surface area (TPSA) is 32.7 Å². The van der Waals surface area contributed by atoms with Crippen molar-refractivity contribution in [2.75, 3.05) is 5.75 Å². The average Bonchev–Trinajstić information content (AvgIpc) is 2.90. The van der Waals surface area contributed by atoms with E-state index in [0.29, 0.717) is 12.3 Å². The monoisotopic (exact) mass is 324 g/mol. The summed E-state index contributed by atoms with van der Waals surface area (Å²) >= 11 is 1.54. The van der Waals surface area contributed by atoms with Gasteiger partial charge in [-0.15, -0.1) is 0 Å². The fraction of sp³-hybridized carbons (Fsp3) is 0.263. The maximum absolute atomic E-state index is 12.2. The van der Waals surface area contributed by atoms with Crippen LogP contribution in [0.4, 0.5) is 0 Å². The Kier molecular flexibility index (Phi) is 5.13. The number of rotatable bonds is 5. The second-order valence-corrected chi connectivity index (χ2v) is 6.65. The van der Waals surface area contributed by atoms with Crippen LogP contribution in [0.1, 0.15) is 18.1 Å². The summed E-state index contributed by atoms with van der Waals surface area (Å²) in [6, 6.07) is 20.6. The van der Waals surface area contributed by atoms with Crippen LogP contribution in [0.5, 0.6) is 0 Å². The van der Waals surface area contributed by atoms with Gasteiger partial charge in [-0.2, -0.15) is 0 Å². The number of amides is 1. The summed E-state index contributed by atoms with van der Waals surface area (Å²) in [5.74, 6) is 0.633. The van der Waals surface area contributed by atoms with Gasteiger partial charge in [-0.25, -0.2) is 0 Å². The molecule has 3 nitrogen and oxygen atoms in total. The number of hydrogen-bond acceptors (Lipinski definition) is 3. The normalized spacial score (nSPS) is 17.7. The van der Waals surface area contributed by atoms with Gasteiger partial charge in [-0.1, -0.05) is 72.4 Å². The number of thioether (sulfide) groups is 1. The lowest BCUT2D eigenvalue weighted by Gasteiger charge is -2.17. The molecule has 1 atom stereocenters. The third-order valence-electron chi connectivity index (χ3n) is 3.74. The lowest BCUT2D eigenvalue weighted by atomic mass is 10.1. The average molecular weight is 324 g/mol. The Balaban J connectivity index is 1.70. The third kappa shape index (κ3) is 4.23. The van der Waals surface area contributed by atoms with Crippen molar-refractivity contribution >= 4 is 22.8 Å². The second kappa shape index (κ2) is 7.47. The summed E-state index contributed by atoms with van der Waals surface area (Å²) in [6.45, 7) is 2.70. The van der Waals surface area contributed by atoms with E-state index >= 15 is 0 Å². The molecule has 0 aliphatic carbocycles. The minimum atomic E-state index is 0.143. The number of hydrogen-bond donors (Lipinski definition) is 0. The molecule has 23 heavy (non-hydrogen) atoms. The molecule has 1 saturated heterocycles. The first-order valence-electron chi connectivity index (χ1n) is 7.81. The molecule has 1 fully saturated rings. The van der Waals surface area contributed by atoms with Crippen LogP contribution in [0.3, 0.4) is 0 Å². The molecule has 0 spiro atoms. The van der Waals surface area contributed by atoms with Gasteiger partial charge in [-0.3, -0.25) is 14.7 Å². The van der Waals surface area contributed by atoms with Crippen LogP contribution < -0.4 is 0 Å². The predicted octanol–water partition coefficient (Wildman–Crippen LogP) is 3.75. The highest BCUT2D eigenvalue weighted by molar-refractivity contribution is 8.15. The summed E-state index contributed by atoms with van der Waals surface area (Å²) in [5, 5.41) is 0.849. The lowest BCUT2D eigenvalue weighted by molar-refractivity contribution is -0.124. The van der Waals surface area contributed by atoms with Gasteiger partial charge in [0.1, 0.15) is 0 Å². The van der Waals surface area contributed by atoms with Crippen LogP contribution in [0.2, 0.25) is 0 Å². The largest absolute Gasteiger partial charge is 0.286 e. The molecule has 118 valence electrons. The van der Waals surface area contributed by atoms with E-state index in [9.17, 15) is 4.79 Å². The highest BCUT2D eigenvalue weighted by Crippen LogP contribution is 2.23. The Morgan fingerprint density at radius 2 is 1.65 bits per heavy atom. The summed E-state index contributed by atoms with van der Waals surface area (Å²) in [6.07, 6.45) is 0.887. The van der Waals surface area contributed by atoms with Crippen molar-refractivity contribution < 1.29 is 4.79 Å². The van der Waals surface area contributed by atoms with E-state index < -0.39 is 0 Å². The van der Waals surface area contributed by atoms with Crippen molar-refractivity contribution in [2.45, 2.75) is 25.9 Å². The number of carbonyl (C=O) groups is 1. The zero-order valence-corrected chi connectivity index (χ0v) is 14.0. The molecule has 0 bridgehead atoms. The van der Waals surface area contributed by atoms with E-state index in [2.05, 4.69) is 19.1 Å². The number of amidine groups is 1. The van der Waals surface area contributed by atoms with E-state index in [1.807, 2.05) is 53.4 Å². The zero-order chi connectivity index (χ0) is 16.1. The van der Waals surface area contributed by atoms with Gasteiger partial charge >= 0.3 is 0 Å². The summed E-state index contributed by atoms with van der Waals surface area (Å²) in [5.41, 5.74) is 2.40. The number of aliphatic imine (C=N–C) groups is 1. The molecule has 0 radical (unpaired) electrons. The van der Waals surface area contributed by atoms with Crippen molar-refractivity contribution in [3.05, 3.63) is 71.8 Å². The van der Waals surface area contributed by atoms with Gasteiger partial charge in [0.05, 0.1) is 18.3 Å². The molecule has 3 rings (SSSR count). The summed E-state index contributed by atoms with van der Waals surface area (Å²) in [7, 11) is 0. The molecule has 1 heterocycles. The van der Waals surface area contributed by atoms with Crippen LogP contribution in [0.25, 0.3) is 0 Å². The highest BCUT2D eigenvalue weighted by atomic mass is 32.2. The molecule has 0 aromatic heterocycles. The van der Waals surface area contributed by atoms with Gasteiger partial charge in [0.2, 0.25) is 5.91 Å². The molecule has 1 amide bonds. The van der Waals surface area contributed by atoms with Gasteiger partial charge in [-0.05, 0) is 24.5 Å². The number of nitrogens with zero attached hydrogens (tertiary/aromatic N) is 2. The molecule has 1 aliphatic rings. The fourth-order valence-corrected chi connectivity index (χ4v) is 3.59. The molecular formula is C19H20N2OS. The third-order valence-corrected chi connectivity index (χ3v) is 4.72. The molecule has 0 N–H and O–H groups in total. The van der Waals surface area contributed by atoms with Gasteiger partial charge in [0.25, 0.3) is 0 Å². The zero-order valence-electron chi connectivity index (χ0n) is 13.2. The maximum atomic E-state index is 12.2. The maximum Gasteiger partial charge on any atom is 0.239 e. The molecule has 0 saturated carbocycles. The van der Waals surface area contributed by atoms with Crippen molar-refractivity contribution in [3.8, 4) is 0 Å². The van der Waals surface area contributed by atoms with Crippen LogP contribution >= 0.6 is 11.8 Å². The smallest absolute Gasteiger partial charge is 0.239 e. The first kappa shape index (κ1) is 15.8. The first-order chi connectivity index (χ1) is 11.2. The lowest BCUT2D eigenvalue weighted by Crippen LogP contribution is -2.29. The van der Waals surface area contributed by atoms with Gasteiger partial charge in [0, 0.05) is 0 Å². The fourth-order valence-electron chi connectivity index (χ4n) is 2.61. The summed E-state index contributed by atoms with van der Waals surface area (Å²) in [4.78, 5) is 18.7. The van der Waals surface area contributed by atoms with Crippen molar-refractivity contribution in [3.63, 3.8) is 0 Å². The second-order valence-electron chi connectivity index (χ2n) is 5.70. The standard InChI is InChI=1S/C19H20N2OS/c1-15(12-16-8-4-2-5-9-16)20-19-21(18(22)14-23-19)13-17-10-6-3-7-11-17/h2-11,15H,12-14H2,1H3. The van der Waals surface area contributed by atoms with E-state index in [1.54, 1.807) is 11.8 Å². The van der Waals surface area contributed by atoms with Crippen LogP contribution in [0.15, 0.2) is 65.7 Å². The predicted molar refractivity (Wildman–Crippen MR) is 96.5 cm³/mol. The van der Waals surface area contributed by atoms with E-state index in [-0.39, 0.29) is 11.9 Å². The Labute approximate surface area is 141 Å². The Morgan fingerprint density at radius 1 is 1.04 bits per heavy atom. The van der Waals surface area contributed by atoms with Gasteiger partial charge < -0.3 is 0 Å².